The van der Waals surface area contributed by atoms with Crippen LogP contribution in [0.15, 0.2) is 73.2 Å². The number of benzene rings is 2. The first-order valence-electron chi connectivity index (χ1n) is 9.18. The van der Waals surface area contributed by atoms with Crippen molar-refractivity contribution in [2.75, 3.05) is 5.32 Å². The van der Waals surface area contributed by atoms with Gasteiger partial charge in [0.2, 0.25) is 12.2 Å². The fraction of sp³-hybridized carbons (Fsp3) is 0.0952. The van der Waals surface area contributed by atoms with E-state index < -0.39 is 4.92 Å². The average molecular weight is 419 g/mol. The van der Waals surface area contributed by atoms with Gasteiger partial charge in [-0.3, -0.25) is 4.79 Å². The van der Waals surface area contributed by atoms with Crippen molar-refractivity contribution in [3.63, 3.8) is 0 Å². The molecule has 9 heteroatoms. The number of hydrogen-bond acceptors (Lipinski definition) is 6. The number of aryl methyl sites for hydroxylation is 1. The Bertz CT molecular complexity index is 1110. The normalized spacial score (nSPS) is 10.7. The molecule has 0 unspecified atom stereocenters. The van der Waals surface area contributed by atoms with Crippen LogP contribution in [0.2, 0.25) is 0 Å². The number of carbonyl (C=O) groups excluding carboxylic acids is 1. The Kier molecular flexibility index (Phi) is 5.62. The number of nitrogens with one attached hydrogen (secondary N) is 1. The van der Waals surface area contributed by atoms with E-state index in [1.807, 2.05) is 60.7 Å². The first kappa shape index (κ1) is 19.5. The summed E-state index contributed by atoms with van der Waals surface area (Å²) in [5.41, 5.74) is 2.81. The molecule has 1 amide bonds. The van der Waals surface area contributed by atoms with E-state index in [0.717, 1.165) is 21.7 Å². The minimum Gasteiger partial charge on any atom is -0.358 e. The van der Waals surface area contributed by atoms with Crippen molar-refractivity contribution in [3.8, 4) is 21.7 Å². The molecule has 0 bridgehead atoms. The van der Waals surface area contributed by atoms with E-state index in [1.165, 1.54) is 28.4 Å². The fourth-order valence-corrected chi connectivity index (χ4v) is 3.94. The second-order valence-corrected chi connectivity index (χ2v) is 7.45. The van der Waals surface area contributed by atoms with Gasteiger partial charge in [-0.25, -0.2) is 4.98 Å². The molecule has 0 saturated carbocycles. The van der Waals surface area contributed by atoms with Gasteiger partial charge in [0, 0.05) is 18.5 Å². The lowest BCUT2D eigenvalue weighted by Crippen LogP contribution is -2.13. The van der Waals surface area contributed by atoms with E-state index in [1.54, 1.807) is 0 Å². The lowest BCUT2D eigenvalue weighted by Gasteiger charge is -2.02. The summed E-state index contributed by atoms with van der Waals surface area (Å²) in [7, 11) is 0. The number of amides is 1. The summed E-state index contributed by atoms with van der Waals surface area (Å²) in [6, 6.07) is 19.7. The smallest absolute Gasteiger partial charge is 0.358 e. The summed E-state index contributed by atoms with van der Waals surface area (Å²) in [6.45, 7) is 0.287. The van der Waals surface area contributed by atoms with Crippen LogP contribution in [0.25, 0.3) is 21.7 Å². The summed E-state index contributed by atoms with van der Waals surface area (Å²) >= 11 is 1.41. The first-order valence-corrected chi connectivity index (χ1v) is 9.99. The molecular formula is C21H17N5O3S. The number of imidazole rings is 1. The van der Waals surface area contributed by atoms with Crippen LogP contribution < -0.4 is 5.32 Å². The summed E-state index contributed by atoms with van der Waals surface area (Å²) in [5, 5.41) is 14.1. The van der Waals surface area contributed by atoms with Crippen LogP contribution >= 0.6 is 11.3 Å². The molecule has 150 valence electrons. The van der Waals surface area contributed by atoms with E-state index in [2.05, 4.69) is 15.3 Å². The van der Waals surface area contributed by atoms with Crippen LogP contribution in [-0.2, 0) is 11.3 Å². The van der Waals surface area contributed by atoms with Gasteiger partial charge in [-0.15, -0.1) is 0 Å². The monoisotopic (exact) mass is 419 g/mol. The average Bonchev–Trinajstić information content (AvgIpc) is 3.41. The number of nitrogens with zero attached hydrogens (tertiary/aromatic N) is 4. The highest BCUT2D eigenvalue weighted by molar-refractivity contribution is 7.19. The number of anilines is 1. The zero-order valence-corrected chi connectivity index (χ0v) is 16.6. The largest absolute Gasteiger partial charge is 0.381 e. The van der Waals surface area contributed by atoms with Crippen molar-refractivity contribution >= 4 is 28.2 Å². The van der Waals surface area contributed by atoms with E-state index in [-0.39, 0.29) is 24.7 Å². The molecule has 4 aromatic rings. The third-order valence-corrected chi connectivity index (χ3v) is 5.38. The van der Waals surface area contributed by atoms with Gasteiger partial charge in [-0.1, -0.05) is 72.0 Å². The molecule has 30 heavy (non-hydrogen) atoms. The number of hydrogen-bond donors (Lipinski definition) is 1. The minimum atomic E-state index is -0.567. The molecule has 4 rings (SSSR count). The van der Waals surface area contributed by atoms with Crippen molar-refractivity contribution in [3.05, 3.63) is 83.3 Å². The third kappa shape index (κ3) is 4.41. The zero-order chi connectivity index (χ0) is 20.9. The Morgan fingerprint density at radius 2 is 1.73 bits per heavy atom. The highest BCUT2D eigenvalue weighted by Crippen LogP contribution is 2.38. The Morgan fingerprint density at radius 3 is 2.37 bits per heavy atom. The lowest BCUT2D eigenvalue weighted by molar-refractivity contribution is -0.389. The molecule has 2 aromatic heterocycles. The highest BCUT2D eigenvalue weighted by atomic mass is 32.1. The summed E-state index contributed by atoms with van der Waals surface area (Å²) in [6.07, 6.45) is 2.79. The van der Waals surface area contributed by atoms with Gasteiger partial charge < -0.3 is 20.0 Å². The van der Waals surface area contributed by atoms with E-state index in [9.17, 15) is 14.9 Å². The molecule has 0 aliphatic carbocycles. The SMILES string of the molecule is O=C(CCn1cnc([N+](=O)[O-])c1)Nc1nc(-c2ccccc2)c(-c2ccccc2)s1. The maximum atomic E-state index is 12.4. The maximum absolute atomic E-state index is 12.4. The van der Waals surface area contributed by atoms with Crippen LogP contribution in [-0.4, -0.2) is 25.4 Å². The minimum absolute atomic E-state index is 0.147. The van der Waals surface area contributed by atoms with Gasteiger partial charge in [0.1, 0.15) is 6.20 Å². The Balaban J connectivity index is 1.52. The number of rotatable bonds is 7. The topological polar surface area (TPSA) is 103 Å². The van der Waals surface area contributed by atoms with Gasteiger partial charge in [-0.05, 0) is 15.5 Å². The van der Waals surface area contributed by atoms with Crippen LogP contribution in [0, 0.1) is 10.1 Å². The predicted molar refractivity (Wildman–Crippen MR) is 115 cm³/mol. The van der Waals surface area contributed by atoms with Crippen LogP contribution in [0.3, 0.4) is 0 Å². The summed E-state index contributed by atoms with van der Waals surface area (Å²) in [4.78, 5) is 31.9. The molecule has 8 nitrogen and oxygen atoms in total. The van der Waals surface area contributed by atoms with Crippen molar-refractivity contribution in [1.82, 2.24) is 14.5 Å². The molecule has 0 aliphatic heterocycles. The van der Waals surface area contributed by atoms with Gasteiger partial charge >= 0.3 is 5.82 Å². The number of nitro groups is 1. The second kappa shape index (κ2) is 8.66. The van der Waals surface area contributed by atoms with E-state index in [0.29, 0.717) is 5.13 Å². The Hall–Kier alpha value is -3.85. The van der Waals surface area contributed by atoms with Gasteiger partial charge in [0.05, 0.1) is 10.6 Å². The quantitative estimate of drug-likeness (QED) is 0.348. The fourth-order valence-electron chi connectivity index (χ4n) is 2.93. The van der Waals surface area contributed by atoms with Crippen molar-refractivity contribution in [2.45, 2.75) is 13.0 Å². The van der Waals surface area contributed by atoms with Gasteiger partial charge in [0.15, 0.2) is 5.13 Å². The molecule has 1 N–H and O–H groups in total. The van der Waals surface area contributed by atoms with E-state index >= 15 is 0 Å². The summed E-state index contributed by atoms with van der Waals surface area (Å²) in [5.74, 6) is -0.463. The molecule has 0 radical (unpaired) electrons. The maximum Gasteiger partial charge on any atom is 0.381 e. The molecular weight excluding hydrogens is 402 g/mol. The van der Waals surface area contributed by atoms with Crippen molar-refractivity contribution in [2.24, 2.45) is 0 Å². The molecule has 0 saturated heterocycles. The van der Waals surface area contributed by atoms with Crippen LogP contribution in [0.5, 0.6) is 0 Å². The van der Waals surface area contributed by atoms with Crippen LogP contribution in [0.4, 0.5) is 10.9 Å². The highest BCUT2D eigenvalue weighted by Gasteiger charge is 2.17. The molecule has 0 aliphatic rings. The van der Waals surface area contributed by atoms with Gasteiger partial charge in [-0.2, -0.15) is 0 Å². The number of thiazole rings is 1. The number of carbonyl (C=O) groups is 1. The molecule has 2 heterocycles. The van der Waals surface area contributed by atoms with E-state index in [4.69, 9.17) is 0 Å². The third-order valence-electron chi connectivity index (χ3n) is 4.36. The molecule has 0 atom stereocenters. The molecule has 0 fully saturated rings. The summed E-state index contributed by atoms with van der Waals surface area (Å²) < 4.78 is 1.52. The number of aromatic nitrogens is 3. The van der Waals surface area contributed by atoms with Crippen molar-refractivity contribution in [1.29, 1.82) is 0 Å². The van der Waals surface area contributed by atoms with Crippen molar-refractivity contribution < 1.29 is 9.72 Å². The second-order valence-electron chi connectivity index (χ2n) is 6.45. The Morgan fingerprint density at radius 1 is 1.07 bits per heavy atom. The van der Waals surface area contributed by atoms with Gasteiger partial charge in [0.25, 0.3) is 0 Å². The first-order chi connectivity index (χ1) is 14.6. The zero-order valence-electron chi connectivity index (χ0n) is 15.8. The molecule has 0 spiro atoms. The predicted octanol–water partition coefficient (Wildman–Crippen LogP) is 4.61. The van der Waals surface area contributed by atoms with Crippen LogP contribution in [0.1, 0.15) is 6.42 Å². The standard InChI is InChI=1S/C21H17N5O3S/c27-18(11-12-25-13-17(22-14-25)26(28)29)23-21-24-19(15-7-3-1-4-8-15)20(30-21)16-9-5-2-6-10-16/h1-10,13-14H,11-12H2,(H,23,24,27). The Labute approximate surface area is 176 Å². The molecule has 2 aromatic carbocycles. The lowest BCUT2D eigenvalue weighted by atomic mass is 10.1.